The largest absolute Gasteiger partial charge is 0.309 e. The van der Waals surface area contributed by atoms with Crippen molar-refractivity contribution in [1.29, 1.82) is 0 Å². The molecule has 0 aliphatic carbocycles. The predicted octanol–water partition coefficient (Wildman–Crippen LogP) is 2.76. The Balaban J connectivity index is 3.01. The SMILES string of the molecule is CC(c1ccc(Cl)s1)S(=O)(=O)F. The van der Waals surface area contributed by atoms with E-state index >= 15 is 0 Å². The quantitative estimate of drug-likeness (QED) is 0.730. The molecule has 0 saturated heterocycles. The molecule has 68 valence electrons. The van der Waals surface area contributed by atoms with Gasteiger partial charge in [-0.2, -0.15) is 8.42 Å². The highest BCUT2D eigenvalue weighted by Gasteiger charge is 2.22. The van der Waals surface area contributed by atoms with E-state index in [1.807, 2.05) is 0 Å². The van der Waals surface area contributed by atoms with Crippen molar-refractivity contribution in [2.75, 3.05) is 0 Å². The van der Waals surface area contributed by atoms with Crippen molar-refractivity contribution < 1.29 is 12.3 Å². The molecule has 0 spiro atoms. The van der Waals surface area contributed by atoms with Crippen molar-refractivity contribution in [3.05, 3.63) is 21.3 Å². The summed E-state index contributed by atoms with van der Waals surface area (Å²) in [6.07, 6.45) is 0. The summed E-state index contributed by atoms with van der Waals surface area (Å²) >= 11 is 6.62. The highest BCUT2D eigenvalue weighted by molar-refractivity contribution is 7.86. The first-order valence-electron chi connectivity index (χ1n) is 3.10. The molecule has 12 heavy (non-hydrogen) atoms. The van der Waals surface area contributed by atoms with E-state index in [0.717, 1.165) is 11.3 Å². The van der Waals surface area contributed by atoms with Crippen LogP contribution in [0.1, 0.15) is 17.1 Å². The fraction of sp³-hybridized carbons (Fsp3) is 0.333. The molecular weight excluding hydrogens is 223 g/mol. The van der Waals surface area contributed by atoms with E-state index in [-0.39, 0.29) is 0 Å². The van der Waals surface area contributed by atoms with E-state index in [9.17, 15) is 12.3 Å². The third-order valence-corrected chi connectivity index (χ3v) is 4.08. The van der Waals surface area contributed by atoms with Crippen molar-refractivity contribution >= 4 is 33.2 Å². The summed E-state index contributed by atoms with van der Waals surface area (Å²) in [5.41, 5.74) is 0. The number of halogens is 2. The van der Waals surface area contributed by atoms with E-state index < -0.39 is 15.5 Å². The van der Waals surface area contributed by atoms with Gasteiger partial charge in [-0.15, -0.1) is 15.2 Å². The van der Waals surface area contributed by atoms with E-state index in [1.165, 1.54) is 13.0 Å². The molecular formula is C6H6ClFO2S2. The van der Waals surface area contributed by atoms with Crippen LogP contribution in [-0.4, -0.2) is 8.42 Å². The third-order valence-electron chi connectivity index (χ3n) is 1.42. The zero-order valence-corrected chi connectivity index (χ0v) is 8.51. The summed E-state index contributed by atoms with van der Waals surface area (Å²) in [7, 11) is -4.49. The zero-order valence-electron chi connectivity index (χ0n) is 6.12. The lowest BCUT2D eigenvalue weighted by Crippen LogP contribution is -2.01. The number of hydrogen-bond acceptors (Lipinski definition) is 3. The topological polar surface area (TPSA) is 34.1 Å². The van der Waals surface area contributed by atoms with Gasteiger partial charge in [0.25, 0.3) is 0 Å². The second-order valence-electron chi connectivity index (χ2n) is 2.26. The summed E-state index contributed by atoms with van der Waals surface area (Å²) in [6, 6.07) is 3.05. The van der Waals surface area contributed by atoms with Gasteiger partial charge in [-0.25, -0.2) is 0 Å². The fourth-order valence-electron chi connectivity index (χ4n) is 0.686. The van der Waals surface area contributed by atoms with Crippen LogP contribution in [0.5, 0.6) is 0 Å². The molecule has 0 saturated carbocycles. The Labute approximate surface area is 79.2 Å². The lowest BCUT2D eigenvalue weighted by Gasteiger charge is -2.01. The van der Waals surface area contributed by atoms with Crippen LogP contribution >= 0.6 is 22.9 Å². The second kappa shape index (κ2) is 3.32. The van der Waals surface area contributed by atoms with Crippen molar-refractivity contribution in [2.24, 2.45) is 0 Å². The van der Waals surface area contributed by atoms with Gasteiger partial charge in [0, 0.05) is 4.88 Å². The molecule has 1 atom stereocenters. The molecule has 6 heteroatoms. The van der Waals surface area contributed by atoms with Crippen LogP contribution < -0.4 is 0 Å². The van der Waals surface area contributed by atoms with E-state index in [4.69, 9.17) is 11.6 Å². The zero-order chi connectivity index (χ0) is 9.35. The molecule has 0 fully saturated rings. The van der Waals surface area contributed by atoms with Gasteiger partial charge in [0.1, 0.15) is 5.25 Å². The lowest BCUT2D eigenvalue weighted by molar-refractivity contribution is 0.541. The molecule has 1 aromatic rings. The Kier molecular flexibility index (Phi) is 2.75. The molecule has 0 N–H and O–H groups in total. The fourth-order valence-corrected chi connectivity index (χ4v) is 2.52. The first-order valence-corrected chi connectivity index (χ1v) is 5.74. The van der Waals surface area contributed by atoms with E-state index in [1.54, 1.807) is 6.07 Å². The summed E-state index contributed by atoms with van der Waals surface area (Å²) in [4.78, 5) is 0.419. The molecule has 0 aliphatic rings. The molecule has 1 aromatic heterocycles. The Hall–Kier alpha value is -0.130. The van der Waals surface area contributed by atoms with Gasteiger partial charge in [0.05, 0.1) is 4.34 Å². The standard InChI is InChI=1S/C6H6ClFO2S2/c1-4(12(8,9)10)5-2-3-6(7)11-5/h2-4H,1H3. The molecule has 0 radical (unpaired) electrons. The minimum absolute atomic E-state index is 0.419. The number of hydrogen-bond donors (Lipinski definition) is 0. The highest BCUT2D eigenvalue weighted by Crippen LogP contribution is 2.31. The van der Waals surface area contributed by atoms with Gasteiger partial charge in [-0.1, -0.05) is 11.6 Å². The van der Waals surface area contributed by atoms with Crippen molar-refractivity contribution in [2.45, 2.75) is 12.2 Å². The summed E-state index contributed by atoms with van der Waals surface area (Å²) in [6.45, 7) is 1.29. The monoisotopic (exact) mass is 228 g/mol. The molecule has 2 nitrogen and oxygen atoms in total. The first-order chi connectivity index (χ1) is 5.41. The van der Waals surface area contributed by atoms with Crippen molar-refractivity contribution in [3.8, 4) is 0 Å². The van der Waals surface area contributed by atoms with Gasteiger partial charge in [0.2, 0.25) is 0 Å². The van der Waals surface area contributed by atoms with Gasteiger partial charge in [0.15, 0.2) is 0 Å². The summed E-state index contributed by atoms with van der Waals surface area (Å²) in [5.74, 6) is 0. The van der Waals surface area contributed by atoms with Crippen LogP contribution in [0, 0.1) is 0 Å². The third kappa shape index (κ3) is 2.18. The Bertz CT molecular complexity index is 371. The Morgan fingerprint density at radius 1 is 1.58 bits per heavy atom. The van der Waals surface area contributed by atoms with Crippen LogP contribution in [0.3, 0.4) is 0 Å². The Morgan fingerprint density at radius 3 is 2.50 bits per heavy atom. The molecule has 1 unspecified atom stereocenters. The number of thiophene rings is 1. The van der Waals surface area contributed by atoms with Crippen molar-refractivity contribution in [3.63, 3.8) is 0 Å². The summed E-state index contributed by atoms with van der Waals surface area (Å²) in [5, 5.41) is -1.12. The highest BCUT2D eigenvalue weighted by atomic mass is 35.5. The van der Waals surface area contributed by atoms with Crippen LogP contribution in [0.4, 0.5) is 3.89 Å². The van der Waals surface area contributed by atoms with Crippen LogP contribution in [0.2, 0.25) is 4.34 Å². The van der Waals surface area contributed by atoms with Crippen LogP contribution in [0.15, 0.2) is 12.1 Å². The molecule has 0 bridgehead atoms. The molecule has 0 aliphatic heterocycles. The average molecular weight is 229 g/mol. The lowest BCUT2D eigenvalue weighted by atomic mass is 10.4. The Morgan fingerprint density at radius 2 is 2.17 bits per heavy atom. The molecule has 1 rings (SSSR count). The second-order valence-corrected chi connectivity index (χ2v) is 5.66. The van der Waals surface area contributed by atoms with Gasteiger partial charge >= 0.3 is 10.2 Å². The molecule has 1 heterocycles. The molecule has 0 aromatic carbocycles. The minimum atomic E-state index is -4.49. The van der Waals surface area contributed by atoms with Gasteiger partial charge in [-0.05, 0) is 19.1 Å². The average Bonchev–Trinajstić information content (AvgIpc) is 2.32. The summed E-state index contributed by atoms with van der Waals surface area (Å²) < 4.78 is 33.7. The predicted molar refractivity (Wildman–Crippen MR) is 47.8 cm³/mol. The maximum Gasteiger partial charge on any atom is 0.309 e. The molecule has 0 amide bonds. The van der Waals surface area contributed by atoms with Crippen LogP contribution in [-0.2, 0) is 10.2 Å². The maximum absolute atomic E-state index is 12.4. The van der Waals surface area contributed by atoms with E-state index in [2.05, 4.69) is 0 Å². The van der Waals surface area contributed by atoms with E-state index in [0.29, 0.717) is 9.21 Å². The van der Waals surface area contributed by atoms with Gasteiger partial charge < -0.3 is 0 Å². The maximum atomic E-state index is 12.4. The smallest absolute Gasteiger partial charge is 0.194 e. The van der Waals surface area contributed by atoms with Gasteiger partial charge in [-0.3, -0.25) is 0 Å². The van der Waals surface area contributed by atoms with Crippen molar-refractivity contribution in [1.82, 2.24) is 0 Å². The van der Waals surface area contributed by atoms with Crippen LogP contribution in [0.25, 0.3) is 0 Å². The first kappa shape index (κ1) is 9.95. The number of rotatable bonds is 2. The minimum Gasteiger partial charge on any atom is -0.194 e. The normalized spacial score (nSPS) is 14.6.